The van der Waals surface area contributed by atoms with Crippen molar-refractivity contribution in [2.75, 3.05) is 0 Å². The van der Waals surface area contributed by atoms with Gasteiger partial charge in [-0.25, -0.2) is 0 Å². The molecule has 1 aliphatic rings. The van der Waals surface area contributed by atoms with E-state index in [2.05, 4.69) is 9.98 Å². The molecule has 0 saturated heterocycles. The second kappa shape index (κ2) is 2.46. The molecule has 0 radical (unpaired) electrons. The molecule has 4 nitrogen and oxygen atoms in total. The Labute approximate surface area is 60.9 Å². The van der Waals surface area contributed by atoms with Crippen LogP contribution in [-0.4, -0.2) is 16.7 Å². The Balaban J connectivity index is 2.89. The van der Waals surface area contributed by atoms with Gasteiger partial charge in [0, 0.05) is 0 Å². The first-order chi connectivity index (χ1) is 3.79. The zero-order chi connectivity index (χ0) is 5.98. The zero-order valence-corrected chi connectivity index (χ0v) is 6.91. The van der Waals surface area contributed by atoms with Crippen molar-refractivity contribution < 1.29 is 33.8 Å². The summed E-state index contributed by atoms with van der Waals surface area (Å²) < 4.78 is 1.92. The molecule has 0 aromatic rings. The molecule has 1 heterocycles. The van der Waals surface area contributed by atoms with Gasteiger partial charge in [0.05, 0.1) is 0 Å². The van der Waals surface area contributed by atoms with E-state index in [4.69, 9.17) is 10.8 Å². The number of guanidine groups is 1. The Bertz CT molecular complexity index is 180. The number of nitrogens with two attached hydrogens (primary N) is 1. The molecule has 5 heteroatoms. The molecule has 1 aliphatic heterocycles. The van der Waals surface area contributed by atoms with Crippen LogP contribution in [0.4, 0.5) is 0 Å². The second-order valence-corrected chi connectivity index (χ2v) is 4.09. The van der Waals surface area contributed by atoms with E-state index in [-0.39, 0.29) is 8.67 Å². The van der Waals surface area contributed by atoms with Crippen LogP contribution in [-0.2, 0) is 28.7 Å². The average Bonchev–Trinajstić information content (AvgIpc) is 1.64. The molecular weight excluding hydrogens is 183 g/mol. The molecule has 3 N–H and O–H groups in total. The molecule has 40 valence electrons. The van der Waals surface area contributed by atoms with Crippen molar-refractivity contribution in [3.8, 4) is 0 Å². The number of aliphatic hydroxyl groups is 1. The third-order valence-corrected chi connectivity index (χ3v) is 2.44. The van der Waals surface area contributed by atoms with E-state index in [0.29, 0.717) is 0 Å². The molecule has 0 unspecified atom stereocenters. The first kappa shape index (κ1) is 6.04. The van der Waals surface area contributed by atoms with Crippen molar-refractivity contribution >= 4 is 11.6 Å². The minimum absolute atomic E-state index is 0.167. The first-order valence-corrected chi connectivity index (χ1v) is 5.12. The number of rotatable bonds is 0. The molecule has 8 heavy (non-hydrogen) atoms. The Morgan fingerprint density at radius 2 is 2.50 bits per heavy atom. The van der Waals surface area contributed by atoms with Gasteiger partial charge >= 0.3 is 61.1 Å². The monoisotopic (exact) mass is 187 g/mol. The molecular formula is C3H4N3OY. The van der Waals surface area contributed by atoms with E-state index in [1.807, 2.05) is 0 Å². The number of aliphatic imine (C=N–C) groups is 2. The number of hydrogen-bond donors (Lipinski definition) is 2. The molecule has 0 aromatic carbocycles. The molecule has 0 fully saturated rings. The van der Waals surface area contributed by atoms with Crippen LogP contribution >= 0.6 is 0 Å². The van der Waals surface area contributed by atoms with Gasteiger partial charge in [-0.3, -0.25) is 0 Å². The van der Waals surface area contributed by atoms with Gasteiger partial charge in [0.2, 0.25) is 0 Å². The molecule has 0 bridgehead atoms. The normalized spacial score (nSPS) is 16.5. The van der Waals surface area contributed by atoms with Crippen LogP contribution < -0.4 is 5.73 Å². The van der Waals surface area contributed by atoms with Crippen LogP contribution in [0, 0.1) is 0 Å². The second-order valence-electron chi connectivity index (χ2n) is 1.27. The third kappa shape index (κ3) is 1.45. The molecule has 0 amide bonds. The fourth-order valence-electron chi connectivity index (χ4n) is 0.364. The molecule has 0 saturated carbocycles. The average molecular weight is 187 g/mol. The van der Waals surface area contributed by atoms with E-state index in [1.165, 1.54) is 0 Å². The summed E-state index contributed by atoms with van der Waals surface area (Å²) in [5.41, 5.74) is 5.13. The predicted octanol–water partition coefficient (Wildman–Crippen LogP) is -0.929. The van der Waals surface area contributed by atoms with Crippen LogP contribution in [0.15, 0.2) is 9.98 Å². The van der Waals surface area contributed by atoms with E-state index in [1.54, 1.807) is 2.93 Å². The Kier molecular flexibility index (Phi) is 1.86. The SMILES string of the molecule is NC1=N[CH]=[Y][C](O)=N1. The van der Waals surface area contributed by atoms with Crippen molar-refractivity contribution in [1.29, 1.82) is 0 Å². The van der Waals surface area contributed by atoms with E-state index >= 15 is 0 Å². The van der Waals surface area contributed by atoms with Crippen LogP contribution in [0.5, 0.6) is 0 Å². The van der Waals surface area contributed by atoms with E-state index < -0.39 is 28.7 Å². The summed E-state index contributed by atoms with van der Waals surface area (Å²) in [6, 6.07) is 0. The fourth-order valence-corrected chi connectivity index (χ4v) is 1.76. The van der Waals surface area contributed by atoms with Crippen LogP contribution in [0.1, 0.15) is 0 Å². The van der Waals surface area contributed by atoms with Gasteiger partial charge in [-0.2, -0.15) is 0 Å². The van der Waals surface area contributed by atoms with Crippen molar-refractivity contribution in [2.45, 2.75) is 0 Å². The summed E-state index contributed by atoms with van der Waals surface area (Å²) in [5.74, 6) is 0.167. The van der Waals surface area contributed by atoms with Gasteiger partial charge in [-0.1, -0.05) is 0 Å². The first-order valence-electron chi connectivity index (χ1n) is 2.06. The van der Waals surface area contributed by atoms with Crippen molar-refractivity contribution in [2.24, 2.45) is 15.7 Å². The van der Waals surface area contributed by atoms with Gasteiger partial charge in [0.25, 0.3) is 0 Å². The Hall–Kier alpha value is -0.0861. The number of aliphatic hydroxyl groups excluding tert-OH is 1. The van der Waals surface area contributed by atoms with Gasteiger partial charge in [-0.15, -0.1) is 0 Å². The number of hydrogen-bond acceptors (Lipinski definition) is 3. The van der Waals surface area contributed by atoms with E-state index in [9.17, 15) is 0 Å². The predicted molar refractivity (Wildman–Crippen MR) is 27.8 cm³/mol. The summed E-state index contributed by atoms with van der Waals surface area (Å²) in [6.45, 7) is 0. The summed E-state index contributed by atoms with van der Waals surface area (Å²) >= 11 is -1.08. The van der Waals surface area contributed by atoms with Crippen LogP contribution in [0.2, 0.25) is 0 Å². The van der Waals surface area contributed by atoms with Gasteiger partial charge < -0.3 is 0 Å². The maximum atomic E-state index is 8.72. The molecule has 0 aliphatic carbocycles. The summed E-state index contributed by atoms with van der Waals surface area (Å²) in [4.78, 5) is 7.22. The summed E-state index contributed by atoms with van der Waals surface area (Å²) in [6.07, 6.45) is 0. The molecule has 0 aromatic heterocycles. The molecule has 0 spiro atoms. The maximum absolute atomic E-state index is 8.72. The molecule has 1 rings (SSSR count). The van der Waals surface area contributed by atoms with Gasteiger partial charge in [0.15, 0.2) is 0 Å². The van der Waals surface area contributed by atoms with Crippen molar-refractivity contribution in [3.63, 3.8) is 0 Å². The van der Waals surface area contributed by atoms with Crippen molar-refractivity contribution in [3.05, 3.63) is 0 Å². The quantitative estimate of drug-likeness (QED) is 0.514. The molecule has 0 atom stereocenters. The summed E-state index contributed by atoms with van der Waals surface area (Å²) in [5, 5.41) is 8.72. The fraction of sp³-hybridized carbons (Fsp3) is 0. The standard InChI is InChI=1S/C3H4N3O.Y/c1-5-3(4)6-2-7;/h1H,4H2,(H,6,7);. The van der Waals surface area contributed by atoms with Gasteiger partial charge in [0.1, 0.15) is 0 Å². The van der Waals surface area contributed by atoms with E-state index in [0.717, 1.165) is 0 Å². The Morgan fingerprint density at radius 3 is 2.88 bits per heavy atom. The zero-order valence-electron chi connectivity index (χ0n) is 4.07. The Morgan fingerprint density at radius 1 is 1.75 bits per heavy atom. The van der Waals surface area contributed by atoms with Crippen molar-refractivity contribution in [1.82, 2.24) is 0 Å². The van der Waals surface area contributed by atoms with Crippen LogP contribution in [0.3, 0.4) is 0 Å². The number of nitrogens with zero attached hydrogens (tertiary/aromatic N) is 2. The minimum atomic E-state index is -1.08. The summed E-state index contributed by atoms with van der Waals surface area (Å²) in [7, 11) is 0. The van der Waals surface area contributed by atoms with Gasteiger partial charge in [-0.05, 0) is 0 Å². The van der Waals surface area contributed by atoms with Crippen LogP contribution in [0.25, 0.3) is 0 Å². The topological polar surface area (TPSA) is 71.0 Å². The third-order valence-electron chi connectivity index (χ3n) is 0.660.